The number of carbonyl (C=O) groups is 1. The topological polar surface area (TPSA) is 42.4 Å². The SMILES string of the molecule is CCN(CCC(F)(F)F)C(=O)c1cnc(OCC(F)(F)F)c(Cl)c1. The van der Waals surface area contributed by atoms with Crippen molar-refractivity contribution in [1.29, 1.82) is 0 Å². The van der Waals surface area contributed by atoms with E-state index in [0.717, 1.165) is 17.2 Å². The smallest absolute Gasteiger partial charge is 0.422 e. The summed E-state index contributed by atoms with van der Waals surface area (Å²) in [5.41, 5.74) is -0.150. The second-order valence-corrected chi connectivity index (χ2v) is 5.07. The number of rotatable bonds is 6. The maximum Gasteiger partial charge on any atom is 0.422 e. The minimum absolute atomic E-state index is 0.0128. The average Bonchev–Trinajstić information content (AvgIpc) is 2.44. The maximum absolute atomic E-state index is 12.2. The molecule has 0 N–H and O–H groups in total. The average molecular weight is 379 g/mol. The molecule has 136 valence electrons. The molecule has 0 bridgehead atoms. The van der Waals surface area contributed by atoms with E-state index in [2.05, 4.69) is 9.72 Å². The number of amides is 1. The van der Waals surface area contributed by atoms with Crippen LogP contribution in [0.3, 0.4) is 0 Å². The van der Waals surface area contributed by atoms with Crippen LogP contribution in [0.5, 0.6) is 5.88 Å². The predicted octanol–water partition coefficient (Wildman–Crippen LogP) is 4.09. The van der Waals surface area contributed by atoms with E-state index >= 15 is 0 Å². The summed E-state index contributed by atoms with van der Waals surface area (Å²) in [6.45, 7) is -0.661. The lowest BCUT2D eigenvalue weighted by Crippen LogP contribution is -2.34. The van der Waals surface area contributed by atoms with Crippen LogP contribution in [0, 0.1) is 0 Å². The zero-order chi connectivity index (χ0) is 18.5. The van der Waals surface area contributed by atoms with Crippen molar-refractivity contribution in [3.05, 3.63) is 22.8 Å². The molecule has 11 heteroatoms. The molecule has 0 unspecified atom stereocenters. The Bertz CT molecular complexity index is 577. The van der Waals surface area contributed by atoms with E-state index in [-0.39, 0.29) is 17.1 Å². The van der Waals surface area contributed by atoms with Gasteiger partial charge in [0, 0.05) is 19.3 Å². The number of pyridine rings is 1. The largest absolute Gasteiger partial charge is 0.467 e. The zero-order valence-corrected chi connectivity index (χ0v) is 13.1. The number of nitrogens with zero attached hydrogens (tertiary/aromatic N) is 2. The number of ether oxygens (including phenoxy) is 1. The number of aromatic nitrogens is 1. The zero-order valence-electron chi connectivity index (χ0n) is 12.3. The summed E-state index contributed by atoms with van der Waals surface area (Å²) in [6.07, 6.45) is -9.29. The minimum Gasteiger partial charge on any atom is -0.467 e. The van der Waals surface area contributed by atoms with E-state index in [1.54, 1.807) is 0 Å². The molecule has 0 aliphatic carbocycles. The Morgan fingerprint density at radius 3 is 2.33 bits per heavy atom. The summed E-state index contributed by atoms with van der Waals surface area (Å²) in [4.78, 5) is 16.5. The lowest BCUT2D eigenvalue weighted by atomic mass is 10.2. The van der Waals surface area contributed by atoms with Crippen LogP contribution in [0.15, 0.2) is 12.3 Å². The molecule has 24 heavy (non-hydrogen) atoms. The molecule has 1 rings (SSSR count). The van der Waals surface area contributed by atoms with Crippen molar-refractivity contribution in [1.82, 2.24) is 9.88 Å². The third-order valence-electron chi connectivity index (χ3n) is 2.76. The fraction of sp³-hybridized carbons (Fsp3) is 0.538. The number of hydrogen-bond acceptors (Lipinski definition) is 3. The Balaban J connectivity index is 2.82. The van der Waals surface area contributed by atoms with E-state index in [1.165, 1.54) is 6.92 Å². The van der Waals surface area contributed by atoms with Crippen LogP contribution < -0.4 is 4.74 Å². The van der Waals surface area contributed by atoms with Crippen molar-refractivity contribution in [2.24, 2.45) is 0 Å². The Kier molecular flexibility index (Phi) is 6.70. The van der Waals surface area contributed by atoms with Gasteiger partial charge in [0.15, 0.2) is 6.61 Å². The molecule has 0 aliphatic heterocycles. The van der Waals surface area contributed by atoms with Gasteiger partial charge in [-0.1, -0.05) is 11.6 Å². The van der Waals surface area contributed by atoms with E-state index in [0.29, 0.717) is 0 Å². The van der Waals surface area contributed by atoms with Crippen molar-refractivity contribution in [3.8, 4) is 5.88 Å². The molecule has 0 saturated carbocycles. The van der Waals surface area contributed by atoms with Crippen LogP contribution in [-0.4, -0.2) is 47.8 Å². The molecule has 0 aromatic carbocycles. The second kappa shape index (κ2) is 7.91. The van der Waals surface area contributed by atoms with Gasteiger partial charge in [-0.15, -0.1) is 0 Å². The predicted molar refractivity (Wildman–Crippen MR) is 73.0 cm³/mol. The fourth-order valence-electron chi connectivity index (χ4n) is 1.65. The molecule has 0 aliphatic rings. The van der Waals surface area contributed by atoms with E-state index < -0.39 is 43.7 Å². The monoisotopic (exact) mass is 378 g/mol. The van der Waals surface area contributed by atoms with Crippen molar-refractivity contribution in [2.75, 3.05) is 19.7 Å². The van der Waals surface area contributed by atoms with Crippen LogP contribution in [-0.2, 0) is 0 Å². The maximum atomic E-state index is 12.2. The summed E-state index contributed by atoms with van der Waals surface area (Å²) >= 11 is 5.69. The first-order chi connectivity index (χ1) is 10.9. The summed E-state index contributed by atoms with van der Waals surface area (Å²) in [5, 5.41) is -0.350. The molecule has 0 radical (unpaired) electrons. The highest BCUT2D eigenvalue weighted by Gasteiger charge is 2.30. The summed E-state index contributed by atoms with van der Waals surface area (Å²) in [7, 11) is 0. The minimum atomic E-state index is -4.59. The number of carbonyl (C=O) groups excluding carboxylic acids is 1. The van der Waals surface area contributed by atoms with Crippen LogP contribution in [0.1, 0.15) is 23.7 Å². The molecule has 0 atom stereocenters. The summed E-state index contributed by atoms with van der Waals surface area (Å²) in [5.74, 6) is -1.29. The van der Waals surface area contributed by atoms with Crippen LogP contribution in [0.25, 0.3) is 0 Å². The molecule has 1 heterocycles. The highest BCUT2D eigenvalue weighted by Crippen LogP contribution is 2.26. The van der Waals surface area contributed by atoms with Crippen molar-refractivity contribution >= 4 is 17.5 Å². The summed E-state index contributed by atoms with van der Waals surface area (Å²) < 4.78 is 77.3. The van der Waals surface area contributed by atoms with Gasteiger partial charge in [-0.25, -0.2) is 4.98 Å². The molecule has 4 nitrogen and oxygen atoms in total. The molecule has 0 saturated heterocycles. The molecule has 1 amide bonds. The number of hydrogen-bond donors (Lipinski definition) is 0. The molecule has 0 spiro atoms. The molecular weight excluding hydrogens is 366 g/mol. The normalized spacial score (nSPS) is 12.2. The van der Waals surface area contributed by atoms with Gasteiger partial charge in [0.05, 0.1) is 12.0 Å². The third-order valence-corrected chi connectivity index (χ3v) is 3.03. The van der Waals surface area contributed by atoms with Crippen molar-refractivity contribution in [3.63, 3.8) is 0 Å². The van der Waals surface area contributed by atoms with Gasteiger partial charge in [0.2, 0.25) is 5.88 Å². The first-order valence-corrected chi connectivity index (χ1v) is 7.02. The van der Waals surface area contributed by atoms with Crippen LogP contribution >= 0.6 is 11.6 Å². The highest BCUT2D eigenvalue weighted by molar-refractivity contribution is 6.32. The molecule has 1 aromatic rings. The Labute approximate surface area is 138 Å². The van der Waals surface area contributed by atoms with Crippen molar-refractivity contribution in [2.45, 2.75) is 25.7 Å². The van der Waals surface area contributed by atoms with Gasteiger partial charge in [0.25, 0.3) is 5.91 Å². The van der Waals surface area contributed by atoms with Gasteiger partial charge >= 0.3 is 12.4 Å². The van der Waals surface area contributed by atoms with E-state index in [9.17, 15) is 31.1 Å². The summed E-state index contributed by atoms with van der Waals surface area (Å²) in [6, 6.07) is 0.999. The first-order valence-electron chi connectivity index (χ1n) is 6.64. The van der Waals surface area contributed by atoms with Crippen molar-refractivity contribution < 1.29 is 35.9 Å². The van der Waals surface area contributed by atoms with Gasteiger partial charge in [-0.05, 0) is 13.0 Å². The first kappa shape index (κ1) is 20.3. The quantitative estimate of drug-likeness (QED) is 0.700. The van der Waals surface area contributed by atoms with Gasteiger partial charge in [0.1, 0.15) is 5.02 Å². The standard InChI is InChI=1S/C13H13ClF6N2O2/c1-2-22(4-3-12(15,16)17)11(23)8-5-9(14)10(21-6-8)24-7-13(18,19)20/h5-6H,2-4,7H2,1H3. The number of alkyl halides is 6. The molecular formula is C13H13ClF6N2O2. The molecule has 0 fully saturated rings. The number of halogens is 7. The third kappa shape index (κ3) is 6.81. The Hall–Kier alpha value is -1.71. The fourth-order valence-corrected chi connectivity index (χ4v) is 1.87. The van der Waals surface area contributed by atoms with Gasteiger partial charge < -0.3 is 9.64 Å². The van der Waals surface area contributed by atoms with Gasteiger partial charge in [-0.2, -0.15) is 26.3 Å². The lowest BCUT2D eigenvalue weighted by molar-refractivity contribution is -0.154. The lowest BCUT2D eigenvalue weighted by Gasteiger charge is -2.21. The molecule has 1 aromatic heterocycles. The second-order valence-electron chi connectivity index (χ2n) is 4.66. The Morgan fingerprint density at radius 2 is 1.88 bits per heavy atom. The Morgan fingerprint density at radius 1 is 1.25 bits per heavy atom. The van der Waals surface area contributed by atoms with E-state index in [4.69, 9.17) is 11.6 Å². The highest BCUT2D eigenvalue weighted by atomic mass is 35.5. The van der Waals surface area contributed by atoms with Gasteiger partial charge in [-0.3, -0.25) is 4.79 Å². The van der Waals surface area contributed by atoms with Crippen LogP contribution in [0.2, 0.25) is 5.02 Å². The van der Waals surface area contributed by atoms with Crippen LogP contribution in [0.4, 0.5) is 26.3 Å². The van der Waals surface area contributed by atoms with E-state index in [1.807, 2.05) is 0 Å².